The molecule has 80 valence electrons. The number of pyridine rings is 1. The number of nitrogens with two attached hydrogens (primary N) is 1. The Balaban J connectivity index is 2.18. The molecule has 0 amide bonds. The van der Waals surface area contributed by atoms with Gasteiger partial charge in [-0.25, -0.2) is 4.98 Å². The third kappa shape index (κ3) is 2.04. The van der Waals surface area contributed by atoms with E-state index >= 15 is 0 Å². The maximum Gasteiger partial charge on any atom is 0.277 e. The average molecular weight is 208 g/mol. The zero-order valence-corrected chi connectivity index (χ0v) is 8.30. The molecule has 1 aromatic heterocycles. The highest BCUT2D eigenvalue weighted by molar-refractivity contribution is 5.50. The number of rotatable bonds is 3. The molecule has 2 rings (SSSR count). The van der Waals surface area contributed by atoms with Crippen LogP contribution in [0.25, 0.3) is 0 Å². The molecule has 0 saturated heterocycles. The van der Waals surface area contributed by atoms with Crippen molar-refractivity contribution >= 4 is 11.5 Å². The summed E-state index contributed by atoms with van der Waals surface area (Å²) >= 11 is 0. The lowest BCUT2D eigenvalue weighted by Gasteiger charge is -2.04. The molecule has 15 heavy (non-hydrogen) atoms. The Morgan fingerprint density at radius 3 is 2.93 bits per heavy atom. The second-order valence-corrected chi connectivity index (χ2v) is 3.76. The van der Waals surface area contributed by atoms with Crippen molar-refractivity contribution < 1.29 is 4.92 Å². The lowest BCUT2D eigenvalue weighted by atomic mass is 10.2. The van der Waals surface area contributed by atoms with E-state index in [1.165, 1.54) is 12.3 Å². The number of hydrogen-bond donors (Lipinski definition) is 2. The van der Waals surface area contributed by atoms with E-state index in [-0.39, 0.29) is 17.8 Å². The van der Waals surface area contributed by atoms with E-state index in [1.807, 2.05) is 0 Å². The number of nitro groups is 1. The van der Waals surface area contributed by atoms with Crippen molar-refractivity contribution in [2.45, 2.75) is 25.4 Å². The molecule has 0 radical (unpaired) electrons. The Kier molecular flexibility index (Phi) is 2.28. The van der Waals surface area contributed by atoms with Gasteiger partial charge in [-0.15, -0.1) is 0 Å². The maximum absolute atomic E-state index is 10.7. The summed E-state index contributed by atoms with van der Waals surface area (Å²) in [5.74, 6) is 0.519. The van der Waals surface area contributed by atoms with Gasteiger partial charge in [-0.05, 0) is 13.3 Å². The number of anilines is 1. The van der Waals surface area contributed by atoms with Crippen LogP contribution in [0.3, 0.4) is 0 Å². The second-order valence-electron chi connectivity index (χ2n) is 3.76. The largest absolute Gasteiger partial charge is 0.366 e. The van der Waals surface area contributed by atoms with Crippen molar-refractivity contribution in [3.63, 3.8) is 0 Å². The summed E-state index contributed by atoms with van der Waals surface area (Å²) in [5, 5.41) is 13.7. The van der Waals surface area contributed by atoms with Crippen LogP contribution in [-0.4, -0.2) is 22.0 Å². The first-order valence-corrected chi connectivity index (χ1v) is 4.71. The average Bonchev–Trinajstić information content (AvgIpc) is 2.85. The van der Waals surface area contributed by atoms with Crippen LogP contribution in [0, 0.1) is 17.0 Å². The number of aryl methyl sites for hydroxylation is 1. The molecule has 6 heteroatoms. The highest BCUT2D eigenvalue weighted by atomic mass is 16.6. The van der Waals surface area contributed by atoms with Crippen molar-refractivity contribution in [2.24, 2.45) is 5.73 Å². The van der Waals surface area contributed by atoms with Crippen molar-refractivity contribution in [3.05, 3.63) is 27.9 Å². The molecule has 2 atom stereocenters. The predicted molar refractivity (Wildman–Crippen MR) is 55.6 cm³/mol. The van der Waals surface area contributed by atoms with Crippen molar-refractivity contribution in [1.29, 1.82) is 0 Å². The third-order valence-electron chi connectivity index (χ3n) is 2.44. The lowest BCUT2D eigenvalue weighted by Crippen LogP contribution is -2.14. The smallest absolute Gasteiger partial charge is 0.277 e. The summed E-state index contributed by atoms with van der Waals surface area (Å²) in [6.45, 7) is 1.66. The van der Waals surface area contributed by atoms with Crippen molar-refractivity contribution in [2.75, 3.05) is 5.32 Å². The first kappa shape index (κ1) is 9.85. The van der Waals surface area contributed by atoms with E-state index in [0.717, 1.165) is 6.42 Å². The van der Waals surface area contributed by atoms with Crippen LogP contribution in [-0.2, 0) is 0 Å². The van der Waals surface area contributed by atoms with E-state index in [0.29, 0.717) is 11.4 Å². The van der Waals surface area contributed by atoms with E-state index in [4.69, 9.17) is 5.73 Å². The molecule has 1 saturated carbocycles. The highest BCUT2D eigenvalue weighted by Gasteiger charge is 2.33. The number of nitrogens with one attached hydrogen (secondary N) is 1. The van der Waals surface area contributed by atoms with Crippen LogP contribution in [0.1, 0.15) is 12.0 Å². The van der Waals surface area contributed by atoms with Gasteiger partial charge in [-0.3, -0.25) is 10.1 Å². The first-order valence-electron chi connectivity index (χ1n) is 4.71. The Hall–Kier alpha value is -1.69. The molecule has 2 unspecified atom stereocenters. The molecule has 0 bridgehead atoms. The summed E-state index contributed by atoms with van der Waals surface area (Å²) in [4.78, 5) is 14.3. The Morgan fingerprint density at radius 2 is 2.40 bits per heavy atom. The monoisotopic (exact) mass is 208 g/mol. The zero-order valence-electron chi connectivity index (χ0n) is 8.30. The topological polar surface area (TPSA) is 94.1 Å². The number of aromatic nitrogens is 1. The van der Waals surface area contributed by atoms with Crippen LogP contribution < -0.4 is 11.1 Å². The van der Waals surface area contributed by atoms with E-state index in [2.05, 4.69) is 10.3 Å². The van der Waals surface area contributed by atoms with Gasteiger partial charge in [0, 0.05) is 23.8 Å². The van der Waals surface area contributed by atoms with Gasteiger partial charge in [0.25, 0.3) is 5.69 Å². The maximum atomic E-state index is 10.7. The van der Waals surface area contributed by atoms with Gasteiger partial charge < -0.3 is 11.1 Å². The summed E-state index contributed by atoms with van der Waals surface area (Å²) in [6.07, 6.45) is 2.39. The van der Waals surface area contributed by atoms with Gasteiger partial charge in [-0.2, -0.15) is 0 Å². The molecule has 0 spiro atoms. The normalized spacial score (nSPS) is 23.6. The fraction of sp³-hybridized carbons (Fsp3) is 0.444. The van der Waals surface area contributed by atoms with Crippen LogP contribution in [0.4, 0.5) is 11.5 Å². The first-order chi connectivity index (χ1) is 7.08. The predicted octanol–water partition coefficient (Wildman–Crippen LogP) is 0.810. The Morgan fingerprint density at radius 1 is 1.73 bits per heavy atom. The molecule has 1 fully saturated rings. The van der Waals surface area contributed by atoms with Crippen molar-refractivity contribution in [1.82, 2.24) is 4.98 Å². The van der Waals surface area contributed by atoms with E-state index in [1.54, 1.807) is 6.92 Å². The van der Waals surface area contributed by atoms with Crippen LogP contribution in [0.5, 0.6) is 0 Å². The molecule has 0 aliphatic heterocycles. The summed E-state index contributed by atoms with van der Waals surface area (Å²) in [6, 6.07) is 1.80. The van der Waals surface area contributed by atoms with Gasteiger partial charge in [0.15, 0.2) is 0 Å². The number of hydrogen-bond acceptors (Lipinski definition) is 5. The molecule has 1 heterocycles. The number of nitrogens with zero attached hydrogens (tertiary/aromatic N) is 2. The molecule has 1 aromatic rings. The Labute approximate surface area is 86.6 Å². The standard InChI is InChI=1S/C9H12N4O2/c1-5-4-11-9(3-8(5)13(14)15)12-7-2-6(7)10/h3-4,6-7H,2,10H2,1H3,(H,11,12). The minimum absolute atomic E-state index is 0.0849. The molecule has 6 nitrogen and oxygen atoms in total. The fourth-order valence-electron chi connectivity index (χ4n) is 1.36. The van der Waals surface area contributed by atoms with Gasteiger partial charge >= 0.3 is 0 Å². The molecule has 1 aliphatic carbocycles. The van der Waals surface area contributed by atoms with Crippen LogP contribution in [0.2, 0.25) is 0 Å². The minimum atomic E-state index is -0.408. The van der Waals surface area contributed by atoms with Gasteiger partial charge in [0.2, 0.25) is 0 Å². The second kappa shape index (κ2) is 3.47. The molecular weight excluding hydrogens is 196 g/mol. The van der Waals surface area contributed by atoms with E-state index < -0.39 is 4.92 Å². The lowest BCUT2D eigenvalue weighted by molar-refractivity contribution is -0.385. The molecule has 3 N–H and O–H groups in total. The van der Waals surface area contributed by atoms with Gasteiger partial charge in [-0.1, -0.05) is 0 Å². The summed E-state index contributed by atoms with van der Waals surface area (Å²) < 4.78 is 0. The summed E-state index contributed by atoms with van der Waals surface area (Å²) in [7, 11) is 0. The van der Waals surface area contributed by atoms with E-state index in [9.17, 15) is 10.1 Å². The third-order valence-corrected chi connectivity index (χ3v) is 2.44. The quantitative estimate of drug-likeness (QED) is 0.566. The minimum Gasteiger partial charge on any atom is -0.366 e. The fourth-order valence-corrected chi connectivity index (χ4v) is 1.36. The van der Waals surface area contributed by atoms with Crippen LogP contribution in [0.15, 0.2) is 12.3 Å². The van der Waals surface area contributed by atoms with Crippen molar-refractivity contribution in [3.8, 4) is 0 Å². The van der Waals surface area contributed by atoms with Gasteiger partial charge in [0.05, 0.1) is 11.0 Å². The Bertz CT molecular complexity index is 407. The molecule has 1 aliphatic rings. The summed E-state index contributed by atoms with van der Waals surface area (Å²) in [5.41, 5.74) is 6.26. The van der Waals surface area contributed by atoms with Crippen LogP contribution >= 0.6 is 0 Å². The van der Waals surface area contributed by atoms with Gasteiger partial charge in [0.1, 0.15) is 5.82 Å². The molecule has 0 aromatic carbocycles. The highest BCUT2D eigenvalue weighted by Crippen LogP contribution is 2.25. The SMILES string of the molecule is Cc1cnc(NC2CC2N)cc1[N+](=O)[O-]. The zero-order chi connectivity index (χ0) is 11.0. The molecular formula is C9H12N4O2.